The molecule has 0 saturated carbocycles. The van der Waals surface area contributed by atoms with Gasteiger partial charge < -0.3 is 10.4 Å². The summed E-state index contributed by atoms with van der Waals surface area (Å²) in [6.45, 7) is 0.576. The second-order valence-electron chi connectivity index (χ2n) is 2.72. The zero-order valence-corrected chi connectivity index (χ0v) is 7.36. The molecule has 0 saturated heterocycles. The van der Waals surface area contributed by atoms with Crippen LogP contribution >= 0.6 is 0 Å². The molecule has 2 N–H and O–H groups in total. The topological polar surface area (TPSA) is 63.0 Å². The number of likely N-dealkylation sites (N-methyl/N-ethyl adjacent to an activating group) is 1. The molecule has 12 heavy (non-hydrogen) atoms. The van der Waals surface area contributed by atoms with Crippen LogP contribution in [-0.2, 0) is 13.5 Å². The van der Waals surface area contributed by atoms with Crippen molar-refractivity contribution in [3.05, 3.63) is 12.2 Å². The summed E-state index contributed by atoms with van der Waals surface area (Å²) in [6.07, 6.45) is 1.64. The molecule has 1 aromatic rings. The molecule has 0 aliphatic carbocycles. The van der Waals surface area contributed by atoms with E-state index in [0.29, 0.717) is 13.0 Å². The molecule has 0 aliphatic rings. The molecular formula is C7H14N4O. The van der Waals surface area contributed by atoms with Crippen molar-refractivity contribution >= 4 is 0 Å². The van der Waals surface area contributed by atoms with Crippen LogP contribution in [0.1, 0.15) is 5.82 Å². The molecule has 0 aromatic carbocycles. The minimum absolute atomic E-state index is 0.391. The lowest BCUT2D eigenvalue weighted by molar-refractivity contribution is 0.171. The van der Waals surface area contributed by atoms with E-state index in [1.807, 2.05) is 7.05 Å². The molecule has 1 atom stereocenters. The first-order valence-corrected chi connectivity index (χ1v) is 3.89. The molecule has 0 bridgehead atoms. The van der Waals surface area contributed by atoms with Crippen LogP contribution in [0.5, 0.6) is 0 Å². The van der Waals surface area contributed by atoms with Crippen LogP contribution in [0.3, 0.4) is 0 Å². The van der Waals surface area contributed by atoms with Gasteiger partial charge >= 0.3 is 0 Å². The summed E-state index contributed by atoms with van der Waals surface area (Å²) in [6, 6.07) is 0. The molecule has 1 rings (SSSR count). The van der Waals surface area contributed by atoms with E-state index in [9.17, 15) is 5.11 Å². The van der Waals surface area contributed by atoms with Gasteiger partial charge in [-0.3, -0.25) is 4.68 Å². The van der Waals surface area contributed by atoms with Crippen LogP contribution in [0.4, 0.5) is 0 Å². The van der Waals surface area contributed by atoms with E-state index in [0.717, 1.165) is 5.82 Å². The van der Waals surface area contributed by atoms with E-state index in [2.05, 4.69) is 15.4 Å². The average molecular weight is 170 g/mol. The summed E-state index contributed by atoms with van der Waals surface area (Å²) < 4.78 is 1.67. The SMILES string of the molecule is CNCC(O)Cc1ncnn1C. The fourth-order valence-corrected chi connectivity index (χ4v) is 1.02. The van der Waals surface area contributed by atoms with E-state index < -0.39 is 6.10 Å². The third-order valence-corrected chi connectivity index (χ3v) is 1.66. The van der Waals surface area contributed by atoms with Gasteiger partial charge in [-0.1, -0.05) is 0 Å². The van der Waals surface area contributed by atoms with Crippen molar-refractivity contribution in [1.82, 2.24) is 20.1 Å². The van der Waals surface area contributed by atoms with Gasteiger partial charge in [0.05, 0.1) is 6.10 Å². The predicted molar refractivity (Wildman–Crippen MR) is 44.6 cm³/mol. The van der Waals surface area contributed by atoms with E-state index in [-0.39, 0.29) is 0 Å². The molecule has 0 amide bonds. The lowest BCUT2D eigenvalue weighted by Gasteiger charge is -2.07. The Morgan fingerprint density at radius 1 is 1.75 bits per heavy atom. The maximum atomic E-state index is 9.40. The minimum Gasteiger partial charge on any atom is -0.391 e. The highest BCUT2D eigenvalue weighted by Gasteiger charge is 2.07. The van der Waals surface area contributed by atoms with Crippen molar-refractivity contribution in [1.29, 1.82) is 0 Å². The standard InChI is InChI=1S/C7H14N4O/c1-8-4-6(12)3-7-9-5-10-11(7)2/h5-6,8,12H,3-4H2,1-2H3. The molecule has 0 aliphatic heterocycles. The van der Waals surface area contributed by atoms with Crippen molar-refractivity contribution in [3.8, 4) is 0 Å². The monoisotopic (exact) mass is 170 g/mol. The first-order chi connectivity index (χ1) is 5.74. The van der Waals surface area contributed by atoms with Gasteiger partial charge in [-0.05, 0) is 7.05 Å². The summed E-state index contributed by atoms with van der Waals surface area (Å²) in [5.74, 6) is 0.803. The van der Waals surface area contributed by atoms with Crippen molar-refractivity contribution < 1.29 is 5.11 Å². The number of aliphatic hydroxyl groups excluding tert-OH is 1. The van der Waals surface area contributed by atoms with Gasteiger partial charge in [-0.2, -0.15) is 5.10 Å². The van der Waals surface area contributed by atoms with Gasteiger partial charge in [0, 0.05) is 20.0 Å². The van der Waals surface area contributed by atoms with Gasteiger partial charge in [-0.15, -0.1) is 0 Å². The summed E-state index contributed by atoms with van der Waals surface area (Å²) in [4.78, 5) is 4.00. The van der Waals surface area contributed by atoms with Gasteiger partial charge in [0.2, 0.25) is 0 Å². The van der Waals surface area contributed by atoms with Gasteiger partial charge in [0.1, 0.15) is 12.2 Å². The van der Waals surface area contributed by atoms with E-state index >= 15 is 0 Å². The lowest BCUT2D eigenvalue weighted by Crippen LogP contribution is -2.26. The number of aromatic nitrogens is 3. The zero-order valence-electron chi connectivity index (χ0n) is 7.36. The van der Waals surface area contributed by atoms with Gasteiger partial charge in [0.25, 0.3) is 0 Å². The first kappa shape index (κ1) is 9.15. The number of hydrogen-bond acceptors (Lipinski definition) is 4. The van der Waals surface area contributed by atoms with Crippen LogP contribution in [0, 0.1) is 0 Å². The zero-order chi connectivity index (χ0) is 8.97. The fraction of sp³-hybridized carbons (Fsp3) is 0.714. The Balaban J connectivity index is 2.46. The Labute approximate surface area is 71.4 Å². The number of aryl methyl sites for hydroxylation is 1. The molecule has 1 aromatic heterocycles. The molecule has 68 valence electrons. The Morgan fingerprint density at radius 2 is 2.50 bits per heavy atom. The number of nitrogens with zero attached hydrogens (tertiary/aromatic N) is 3. The van der Waals surface area contributed by atoms with Gasteiger partial charge in [0.15, 0.2) is 0 Å². The smallest absolute Gasteiger partial charge is 0.138 e. The lowest BCUT2D eigenvalue weighted by atomic mass is 10.2. The molecule has 0 spiro atoms. The number of hydrogen-bond donors (Lipinski definition) is 2. The Bertz CT molecular complexity index is 235. The summed E-state index contributed by atoms with van der Waals surface area (Å²) in [5, 5.41) is 16.2. The summed E-state index contributed by atoms with van der Waals surface area (Å²) >= 11 is 0. The maximum absolute atomic E-state index is 9.40. The van der Waals surface area contributed by atoms with Crippen molar-refractivity contribution in [3.63, 3.8) is 0 Å². The second-order valence-corrected chi connectivity index (χ2v) is 2.72. The molecule has 5 heteroatoms. The summed E-state index contributed by atoms with van der Waals surface area (Å²) in [5.41, 5.74) is 0. The molecular weight excluding hydrogens is 156 g/mol. The number of rotatable bonds is 4. The van der Waals surface area contributed by atoms with Crippen LogP contribution in [-0.4, -0.2) is 39.6 Å². The molecule has 1 heterocycles. The first-order valence-electron chi connectivity index (χ1n) is 3.89. The maximum Gasteiger partial charge on any atom is 0.138 e. The van der Waals surface area contributed by atoms with Gasteiger partial charge in [-0.25, -0.2) is 4.98 Å². The number of aliphatic hydroxyl groups is 1. The molecule has 1 unspecified atom stereocenters. The highest BCUT2D eigenvalue weighted by molar-refractivity contribution is 4.86. The van der Waals surface area contributed by atoms with E-state index in [1.54, 1.807) is 11.7 Å². The molecule has 0 fully saturated rings. The predicted octanol–water partition coefficient (Wildman–Crippen LogP) is -1.06. The van der Waals surface area contributed by atoms with Crippen molar-refractivity contribution in [2.75, 3.05) is 13.6 Å². The highest BCUT2D eigenvalue weighted by atomic mass is 16.3. The normalized spacial score (nSPS) is 13.2. The fourth-order valence-electron chi connectivity index (χ4n) is 1.02. The van der Waals surface area contributed by atoms with E-state index in [1.165, 1.54) is 6.33 Å². The number of nitrogens with one attached hydrogen (secondary N) is 1. The molecule has 0 radical (unpaired) electrons. The van der Waals surface area contributed by atoms with Crippen LogP contribution < -0.4 is 5.32 Å². The Morgan fingerprint density at radius 3 is 3.00 bits per heavy atom. The quantitative estimate of drug-likeness (QED) is 0.604. The average Bonchev–Trinajstić information content (AvgIpc) is 2.37. The third kappa shape index (κ3) is 2.28. The third-order valence-electron chi connectivity index (χ3n) is 1.66. The molecule has 5 nitrogen and oxygen atoms in total. The Hall–Kier alpha value is -0.940. The van der Waals surface area contributed by atoms with Crippen molar-refractivity contribution in [2.45, 2.75) is 12.5 Å². The highest BCUT2D eigenvalue weighted by Crippen LogP contribution is 1.96. The van der Waals surface area contributed by atoms with E-state index in [4.69, 9.17) is 0 Å². The van der Waals surface area contributed by atoms with Crippen molar-refractivity contribution in [2.24, 2.45) is 7.05 Å². The minimum atomic E-state index is -0.391. The Kier molecular flexibility index (Phi) is 3.19. The summed E-state index contributed by atoms with van der Waals surface area (Å²) in [7, 11) is 3.62. The van der Waals surface area contributed by atoms with Crippen LogP contribution in [0.2, 0.25) is 0 Å². The largest absolute Gasteiger partial charge is 0.391 e. The van der Waals surface area contributed by atoms with Crippen LogP contribution in [0.25, 0.3) is 0 Å². The second kappa shape index (κ2) is 4.18. The van der Waals surface area contributed by atoms with Crippen LogP contribution in [0.15, 0.2) is 6.33 Å².